The molecular weight excluding hydrogens is 550 g/mol. The number of nitrogens with two attached hydrogens (primary N) is 1. The number of piperidine rings is 1. The molecule has 0 bridgehead atoms. The van der Waals surface area contributed by atoms with Crippen molar-refractivity contribution in [3.8, 4) is 0 Å². The largest absolute Gasteiger partial charge is 0.480 e. The second kappa shape index (κ2) is 13.1. The van der Waals surface area contributed by atoms with Crippen LogP contribution in [-0.4, -0.2) is 91.7 Å². The minimum absolute atomic E-state index is 0.0693. The summed E-state index contributed by atoms with van der Waals surface area (Å²) < 4.78 is 29.1. The second-order valence-corrected chi connectivity index (χ2v) is 12.1. The van der Waals surface area contributed by atoms with E-state index in [1.165, 1.54) is 18.5 Å². The summed E-state index contributed by atoms with van der Waals surface area (Å²) in [6.07, 6.45) is 3.93. The summed E-state index contributed by atoms with van der Waals surface area (Å²) in [5.41, 5.74) is 5.28. The van der Waals surface area contributed by atoms with Crippen molar-refractivity contribution in [2.45, 2.75) is 49.1 Å². The number of benzene rings is 2. The van der Waals surface area contributed by atoms with Gasteiger partial charge in [0.1, 0.15) is 12.6 Å². The summed E-state index contributed by atoms with van der Waals surface area (Å²) >= 11 is 0. The number of nitrogens with zero attached hydrogens (tertiary/aromatic N) is 3. The summed E-state index contributed by atoms with van der Waals surface area (Å²) in [6.45, 7) is 1.04. The van der Waals surface area contributed by atoms with Crippen LogP contribution < -0.4 is 15.8 Å². The van der Waals surface area contributed by atoms with Crippen molar-refractivity contribution in [3.05, 3.63) is 42.5 Å². The molecule has 0 radical (unpaired) electrons. The molecule has 2 aromatic carbocycles. The van der Waals surface area contributed by atoms with Crippen molar-refractivity contribution in [3.63, 3.8) is 0 Å². The maximum absolute atomic E-state index is 13.5. The first-order valence-electron chi connectivity index (χ1n) is 13.4. The number of amides is 2. The van der Waals surface area contributed by atoms with Gasteiger partial charge in [0.25, 0.3) is 0 Å². The Balaban J connectivity index is 1.48. The first-order chi connectivity index (χ1) is 19.5. The number of likely N-dealkylation sites (tertiary alicyclic amines) is 1. The molecule has 14 heteroatoms. The van der Waals surface area contributed by atoms with Gasteiger partial charge in [-0.1, -0.05) is 30.3 Å². The van der Waals surface area contributed by atoms with E-state index in [-0.39, 0.29) is 22.8 Å². The van der Waals surface area contributed by atoms with Gasteiger partial charge in [-0.3, -0.25) is 19.8 Å². The van der Waals surface area contributed by atoms with E-state index in [1.807, 2.05) is 17.0 Å². The van der Waals surface area contributed by atoms with Crippen molar-refractivity contribution in [1.29, 1.82) is 5.41 Å². The molecule has 2 fully saturated rings. The fraction of sp³-hybridized carbons (Fsp3) is 0.444. The van der Waals surface area contributed by atoms with Gasteiger partial charge in [-0.15, -0.1) is 0 Å². The molecule has 2 aromatic rings. The molecule has 41 heavy (non-hydrogen) atoms. The van der Waals surface area contributed by atoms with Gasteiger partial charge in [0.05, 0.1) is 17.7 Å². The smallest absolute Gasteiger partial charge is 0.323 e. The number of carboxylic acid groups (broad SMARTS) is 1. The van der Waals surface area contributed by atoms with Crippen LogP contribution in [0.15, 0.2) is 52.4 Å². The number of carbonyl (C=O) groups excluding carboxylic acids is 2. The Labute approximate surface area is 238 Å². The molecule has 13 nitrogen and oxygen atoms in total. The molecule has 1 heterocycles. The predicted octanol–water partition coefficient (Wildman–Crippen LogP) is 0.702. The van der Waals surface area contributed by atoms with Gasteiger partial charge in [-0.05, 0) is 54.5 Å². The van der Waals surface area contributed by atoms with Gasteiger partial charge in [0.15, 0.2) is 0 Å². The number of carboxylic acids is 1. The van der Waals surface area contributed by atoms with E-state index in [1.54, 1.807) is 18.2 Å². The Morgan fingerprint density at radius 1 is 1.17 bits per heavy atom. The highest BCUT2D eigenvalue weighted by Gasteiger charge is 2.39. The Morgan fingerprint density at radius 2 is 1.90 bits per heavy atom. The van der Waals surface area contributed by atoms with Crippen molar-refractivity contribution < 1.29 is 27.9 Å². The number of rotatable bonds is 12. The summed E-state index contributed by atoms with van der Waals surface area (Å²) in [6, 6.07) is 10.00. The van der Waals surface area contributed by atoms with Crippen LogP contribution in [0.25, 0.3) is 10.8 Å². The molecule has 0 unspecified atom stereocenters. The molecule has 1 saturated carbocycles. The topological polar surface area (TPSA) is 198 Å². The zero-order valence-corrected chi connectivity index (χ0v) is 23.3. The highest BCUT2D eigenvalue weighted by molar-refractivity contribution is 7.89. The average molecular weight is 586 g/mol. The molecule has 6 N–H and O–H groups in total. The van der Waals surface area contributed by atoms with Crippen molar-refractivity contribution in [2.24, 2.45) is 16.6 Å². The van der Waals surface area contributed by atoms with Gasteiger partial charge in [-0.25, -0.2) is 13.4 Å². The summed E-state index contributed by atoms with van der Waals surface area (Å²) in [4.78, 5) is 44.7. The molecule has 1 aliphatic heterocycles. The molecule has 1 aliphatic carbocycles. The molecule has 2 aliphatic rings. The van der Waals surface area contributed by atoms with Crippen molar-refractivity contribution in [2.75, 3.05) is 26.2 Å². The molecule has 2 amide bonds. The van der Waals surface area contributed by atoms with E-state index >= 15 is 0 Å². The Kier molecular flexibility index (Phi) is 9.55. The lowest BCUT2D eigenvalue weighted by Crippen LogP contribution is -2.52. The lowest BCUT2D eigenvalue weighted by Gasteiger charge is -2.31. The molecular formula is C27H35N7O6S. The second-order valence-electron chi connectivity index (χ2n) is 10.4. The quantitative estimate of drug-likeness (QED) is 0.177. The van der Waals surface area contributed by atoms with Crippen LogP contribution in [0.2, 0.25) is 0 Å². The standard InChI is InChI=1S/C27H35N7O6S/c28-27(29)31-17-33-11-3-4-18(15-33)14-30-24(35)13-23(26(38)34(16-25(36)37)21-8-9-21)32-41(39,40)22-10-7-19-5-1-2-6-20(19)12-22/h1-2,5-7,10,12,17-18,21,23,32H,3-4,8-9,11,13-16H2,(H3,28,29)(H,30,35)(H,36,37)/t18-,23+/m0/s1. The third-order valence-electron chi connectivity index (χ3n) is 7.09. The fourth-order valence-electron chi connectivity index (χ4n) is 4.92. The van der Waals surface area contributed by atoms with E-state index in [2.05, 4.69) is 15.0 Å². The van der Waals surface area contributed by atoms with Crippen molar-refractivity contribution >= 4 is 50.9 Å². The zero-order chi connectivity index (χ0) is 29.6. The van der Waals surface area contributed by atoms with Crippen LogP contribution in [0.4, 0.5) is 0 Å². The molecule has 0 spiro atoms. The number of hydrogen-bond donors (Lipinski definition) is 5. The van der Waals surface area contributed by atoms with E-state index in [9.17, 15) is 27.9 Å². The maximum Gasteiger partial charge on any atom is 0.323 e. The van der Waals surface area contributed by atoms with Gasteiger partial charge >= 0.3 is 5.97 Å². The van der Waals surface area contributed by atoms with E-state index in [0.29, 0.717) is 31.3 Å². The number of sulfonamides is 1. The van der Waals surface area contributed by atoms with E-state index < -0.39 is 46.8 Å². The highest BCUT2D eigenvalue weighted by Crippen LogP contribution is 2.28. The molecule has 0 aromatic heterocycles. The Bertz CT molecular complexity index is 1440. The number of nitrogens with one attached hydrogen (secondary N) is 3. The van der Waals surface area contributed by atoms with E-state index in [0.717, 1.165) is 29.7 Å². The molecule has 4 rings (SSSR count). The average Bonchev–Trinajstić information content (AvgIpc) is 3.78. The predicted molar refractivity (Wildman–Crippen MR) is 153 cm³/mol. The zero-order valence-electron chi connectivity index (χ0n) is 22.5. The number of hydrogen-bond acceptors (Lipinski definition) is 6. The first-order valence-corrected chi connectivity index (χ1v) is 14.9. The van der Waals surface area contributed by atoms with Crippen LogP contribution in [0.5, 0.6) is 0 Å². The van der Waals surface area contributed by atoms with Gasteiger partial charge in [0.2, 0.25) is 27.8 Å². The lowest BCUT2D eigenvalue weighted by molar-refractivity contribution is -0.146. The van der Waals surface area contributed by atoms with Gasteiger partial charge < -0.3 is 26.0 Å². The van der Waals surface area contributed by atoms with Crippen LogP contribution >= 0.6 is 0 Å². The Morgan fingerprint density at radius 3 is 2.59 bits per heavy atom. The van der Waals surface area contributed by atoms with Crippen LogP contribution in [0.3, 0.4) is 0 Å². The third-order valence-corrected chi connectivity index (χ3v) is 8.56. The first kappa shape index (κ1) is 29.9. The summed E-state index contributed by atoms with van der Waals surface area (Å²) in [7, 11) is -4.24. The Hall–Kier alpha value is -4.04. The highest BCUT2D eigenvalue weighted by atomic mass is 32.2. The normalized spacial score (nSPS) is 18.2. The number of carbonyl (C=O) groups is 3. The minimum Gasteiger partial charge on any atom is -0.480 e. The number of fused-ring (bicyclic) bond motifs is 1. The summed E-state index contributed by atoms with van der Waals surface area (Å²) in [5, 5.41) is 20.9. The number of aliphatic carboxylic acids is 1. The monoisotopic (exact) mass is 585 g/mol. The summed E-state index contributed by atoms with van der Waals surface area (Å²) in [5.74, 6) is -2.74. The van der Waals surface area contributed by atoms with Gasteiger partial charge in [0, 0.05) is 25.7 Å². The fourth-order valence-corrected chi connectivity index (χ4v) is 6.14. The van der Waals surface area contributed by atoms with Crippen LogP contribution in [0, 0.1) is 11.3 Å². The molecule has 220 valence electrons. The van der Waals surface area contributed by atoms with Crippen molar-refractivity contribution in [1.82, 2.24) is 19.8 Å². The van der Waals surface area contributed by atoms with Crippen LogP contribution in [-0.2, 0) is 24.4 Å². The third kappa shape index (κ3) is 8.47. The lowest BCUT2D eigenvalue weighted by atomic mass is 9.98. The molecule has 2 atom stereocenters. The number of aliphatic imine (C=N–C) groups is 1. The van der Waals surface area contributed by atoms with Crippen LogP contribution in [0.1, 0.15) is 32.1 Å². The maximum atomic E-state index is 13.5. The van der Waals surface area contributed by atoms with Gasteiger partial charge in [-0.2, -0.15) is 4.72 Å². The number of guanidine groups is 1. The van der Waals surface area contributed by atoms with E-state index in [4.69, 9.17) is 11.1 Å². The minimum atomic E-state index is -4.24. The SMILES string of the molecule is N=C(N)N=CN1CCC[C@@H](CNC(=O)C[C@@H](NS(=O)(=O)c2ccc3ccccc3c2)C(=O)N(CC(=O)O)C2CC2)C1. The molecule has 1 saturated heterocycles.